The molecule has 1 atom stereocenters. The molecule has 1 rings (SSSR count). The van der Waals surface area contributed by atoms with E-state index in [1.165, 1.54) is 23.9 Å². The van der Waals surface area contributed by atoms with Crippen molar-refractivity contribution >= 4 is 17.7 Å². The summed E-state index contributed by atoms with van der Waals surface area (Å²) in [5.74, 6) is -0.824. The zero-order chi connectivity index (χ0) is 18.9. The number of rotatable bonds is 10. The summed E-state index contributed by atoms with van der Waals surface area (Å²) in [6.45, 7) is 2.32. The smallest absolute Gasteiger partial charge is 0.419 e. The van der Waals surface area contributed by atoms with E-state index in [1.54, 1.807) is 0 Å². The molecule has 0 aliphatic rings. The van der Waals surface area contributed by atoms with Gasteiger partial charge in [0.15, 0.2) is 0 Å². The topological polar surface area (TPSA) is 52.3 Å². The molecule has 1 aromatic rings. The van der Waals surface area contributed by atoms with Crippen LogP contribution in [0, 0.1) is 5.82 Å². The van der Waals surface area contributed by atoms with Crippen LogP contribution in [0.2, 0.25) is 0 Å². The van der Waals surface area contributed by atoms with Crippen LogP contribution in [0.4, 0.5) is 17.6 Å². The lowest BCUT2D eigenvalue weighted by Crippen LogP contribution is -2.33. The molecule has 142 valence electrons. The first-order valence-corrected chi connectivity index (χ1v) is 9.27. The van der Waals surface area contributed by atoms with Gasteiger partial charge in [-0.15, -0.1) is 0 Å². The van der Waals surface area contributed by atoms with Gasteiger partial charge >= 0.3 is 12.1 Å². The summed E-state index contributed by atoms with van der Waals surface area (Å²) < 4.78 is 57.1. The fourth-order valence-corrected chi connectivity index (χ4v) is 3.12. The molecular formula is C17H23F4NO2S. The van der Waals surface area contributed by atoms with Gasteiger partial charge in [-0.1, -0.05) is 25.5 Å². The Hall–Kier alpha value is -1.28. The first-order chi connectivity index (χ1) is 11.8. The van der Waals surface area contributed by atoms with Crippen molar-refractivity contribution in [1.29, 1.82) is 0 Å². The number of benzene rings is 1. The van der Waals surface area contributed by atoms with Crippen LogP contribution in [0.1, 0.15) is 37.3 Å². The molecular weight excluding hydrogens is 358 g/mol. The van der Waals surface area contributed by atoms with Crippen molar-refractivity contribution in [3.63, 3.8) is 0 Å². The number of hydrogen-bond donors (Lipinski definition) is 1. The Balaban J connectivity index is 2.37. The maximum atomic E-state index is 13.4. The minimum atomic E-state index is -4.71. The standard InChI is InChI=1S/C17H23F4NO2S/c1-2-3-9-24-16(23)14(22)8-11-25-10-7-12-5-4-6-13(18)15(12)17(19,20)21/h4-6,14H,2-3,7-11,22H2,1H3. The number of thioether (sulfide) groups is 1. The second-order valence-electron chi connectivity index (χ2n) is 5.55. The van der Waals surface area contributed by atoms with Gasteiger partial charge in [0.1, 0.15) is 11.9 Å². The van der Waals surface area contributed by atoms with E-state index in [-0.39, 0.29) is 12.0 Å². The largest absolute Gasteiger partial charge is 0.465 e. The second kappa shape index (κ2) is 10.7. The second-order valence-corrected chi connectivity index (χ2v) is 6.78. The molecule has 3 nitrogen and oxygen atoms in total. The van der Waals surface area contributed by atoms with E-state index >= 15 is 0 Å². The number of nitrogens with two attached hydrogens (primary N) is 1. The van der Waals surface area contributed by atoms with Gasteiger partial charge in [0.25, 0.3) is 0 Å². The molecule has 0 bridgehead atoms. The van der Waals surface area contributed by atoms with Crippen molar-refractivity contribution in [2.75, 3.05) is 18.1 Å². The Labute approximate surface area is 149 Å². The van der Waals surface area contributed by atoms with Crippen LogP contribution < -0.4 is 5.73 Å². The third kappa shape index (κ3) is 7.64. The number of esters is 1. The molecule has 0 heterocycles. The van der Waals surface area contributed by atoms with Crippen LogP contribution >= 0.6 is 11.8 Å². The van der Waals surface area contributed by atoms with Crippen LogP contribution in [-0.4, -0.2) is 30.1 Å². The van der Waals surface area contributed by atoms with Crippen LogP contribution in [0.5, 0.6) is 0 Å². The predicted molar refractivity (Wildman–Crippen MR) is 90.9 cm³/mol. The first-order valence-electron chi connectivity index (χ1n) is 8.12. The first kappa shape index (κ1) is 21.8. The lowest BCUT2D eigenvalue weighted by atomic mass is 10.0. The Morgan fingerprint density at radius 2 is 2.04 bits per heavy atom. The molecule has 0 amide bonds. The van der Waals surface area contributed by atoms with Crippen molar-refractivity contribution in [2.24, 2.45) is 5.73 Å². The number of alkyl halides is 3. The summed E-state index contributed by atoms with van der Waals surface area (Å²) >= 11 is 1.37. The highest BCUT2D eigenvalue weighted by atomic mass is 32.2. The zero-order valence-electron chi connectivity index (χ0n) is 14.1. The van der Waals surface area contributed by atoms with Gasteiger partial charge in [-0.25, -0.2) is 4.39 Å². The third-order valence-corrected chi connectivity index (χ3v) is 4.53. The van der Waals surface area contributed by atoms with Gasteiger partial charge in [-0.3, -0.25) is 4.79 Å². The number of ether oxygens (including phenoxy) is 1. The van der Waals surface area contributed by atoms with Crippen molar-refractivity contribution in [1.82, 2.24) is 0 Å². The highest BCUT2D eigenvalue weighted by molar-refractivity contribution is 7.99. The van der Waals surface area contributed by atoms with Gasteiger partial charge in [0, 0.05) is 0 Å². The number of hydrogen-bond acceptors (Lipinski definition) is 4. The van der Waals surface area contributed by atoms with Gasteiger partial charge in [0.05, 0.1) is 12.2 Å². The van der Waals surface area contributed by atoms with E-state index in [0.717, 1.165) is 18.9 Å². The Morgan fingerprint density at radius 3 is 2.68 bits per heavy atom. The van der Waals surface area contributed by atoms with Gasteiger partial charge < -0.3 is 10.5 Å². The van der Waals surface area contributed by atoms with E-state index in [0.29, 0.717) is 24.5 Å². The van der Waals surface area contributed by atoms with E-state index in [9.17, 15) is 22.4 Å². The maximum Gasteiger partial charge on any atom is 0.419 e. The monoisotopic (exact) mass is 381 g/mol. The molecule has 0 spiro atoms. The summed E-state index contributed by atoms with van der Waals surface area (Å²) in [5.41, 5.74) is 4.44. The normalized spacial score (nSPS) is 12.9. The Morgan fingerprint density at radius 1 is 1.32 bits per heavy atom. The molecule has 0 aliphatic heterocycles. The summed E-state index contributed by atoms with van der Waals surface area (Å²) in [5, 5.41) is 0. The van der Waals surface area contributed by atoms with Crippen molar-refractivity contribution in [3.8, 4) is 0 Å². The van der Waals surface area contributed by atoms with Crippen LogP contribution in [0.3, 0.4) is 0 Å². The lowest BCUT2D eigenvalue weighted by Gasteiger charge is -2.14. The average Bonchev–Trinajstić information content (AvgIpc) is 2.53. The van der Waals surface area contributed by atoms with Crippen molar-refractivity contribution in [2.45, 2.75) is 44.8 Å². The molecule has 8 heteroatoms. The molecule has 0 radical (unpaired) electrons. The Bertz CT molecular complexity index is 552. The molecule has 1 unspecified atom stereocenters. The minimum Gasteiger partial charge on any atom is -0.465 e. The van der Waals surface area contributed by atoms with Gasteiger partial charge in [-0.2, -0.15) is 24.9 Å². The SMILES string of the molecule is CCCCOC(=O)C(N)CCSCCc1cccc(F)c1C(F)(F)F. The van der Waals surface area contributed by atoms with Crippen molar-refractivity contribution < 1.29 is 27.1 Å². The highest BCUT2D eigenvalue weighted by Crippen LogP contribution is 2.34. The highest BCUT2D eigenvalue weighted by Gasteiger charge is 2.36. The average molecular weight is 381 g/mol. The third-order valence-electron chi connectivity index (χ3n) is 3.52. The number of carbonyl (C=O) groups is 1. The predicted octanol–water partition coefficient (Wildman–Crippen LogP) is 4.18. The number of unbranched alkanes of at least 4 members (excludes halogenated alkanes) is 1. The van der Waals surface area contributed by atoms with Gasteiger partial charge in [-0.05, 0) is 42.4 Å². The molecule has 2 N–H and O–H groups in total. The summed E-state index contributed by atoms with van der Waals surface area (Å²) in [6.07, 6.45) is -2.55. The van der Waals surface area contributed by atoms with Crippen molar-refractivity contribution in [3.05, 3.63) is 35.1 Å². The minimum absolute atomic E-state index is 0.0664. The Kier molecular flexibility index (Phi) is 9.27. The fraction of sp³-hybridized carbons (Fsp3) is 0.588. The molecule has 0 saturated carbocycles. The van der Waals surface area contributed by atoms with Gasteiger partial charge in [0.2, 0.25) is 0 Å². The molecule has 0 aromatic heterocycles. The van der Waals surface area contributed by atoms with Crippen LogP contribution in [-0.2, 0) is 22.1 Å². The number of carbonyl (C=O) groups excluding carboxylic acids is 1. The van der Waals surface area contributed by atoms with Crippen LogP contribution in [0.25, 0.3) is 0 Å². The lowest BCUT2D eigenvalue weighted by molar-refractivity contribution is -0.145. The number of halogens is 4. The summed E-state index contributed by atoms with van der Waals surface area (Å²) in [6, 6.07) is 2.63. The van der Waals surface area contributed by atoms with E-state index in [1.807, 2.05) is 6.92 Å². The molecule has 25 heavy (non-hydrogen) atoms. The summed E-state index contributed by atoms with van der Waals surface area (Å²) in [7, 11) is 0. The molecule has 0 aliphatic carbocycles. The van der Waals surface area contributed by atoms with Crippen LogP contribution in [0.15, 0.2) is 18.2 Å². The zero-order valence-corrected chi connectivity index (χ0v) is 14.9. The van der Waals surface area contributed by atoms with E-state index in [2.05, 4.69) is 0 Å². The fourth-order valence-electron chi connectivity index (χ4n) is 2.13. The molecule has 1 aromatic carbocycles. The molecule has 0 fully saturated rings. The summed E-state index contributed by atoms with van der Waals surface area (Å²) in [4.78, 5) is 11.6. The van der Waals surface area contributed by atoms with E-state index < -0.39 is 29.6 Å². The molecule has 0 saturated heterocycles. The number of aryl methyl sites for hydroxylation is 1. The maximum absolute atomic E-state index is 13.4. The quantitative estimate of drug-likeness (QED) is 0.375. The van der Waals surface area contributed by atoms with E-state index in [4.69, 9.17) is 10.5 Å².